The molecular formula is C18H23BFN3O2. The molecule has 1 N–H and O–H groups in total. The van der Waals surface area contributed by atoms with Crippen LogP contribution in [0.1, 0.15) is 39.0 Å². The normalized spacial score (nSPS) is 18.4. The highest BCUT2D eigenvalue weighted by Gasteiger charge is 2.51. The standard InChI is InChI=1S/C18H23BFN3O2/c1-11-7-13(19-24-17(3,4)18(5,6)25-19)9-14(8-11)23-16-21-10-15(20)12(2)22-16/h7-10H,1-6H3,(H,21,22,23). The van der Waals surface area contributed by atoms with E-state index in [1.165, 1.54) is 0 Å². The number of rotatable bonds is 3. The summed E-state index contributed by atoms with van der Waals surface area (Å²) >= 11 is 0. The lowest BCUT2D eigenvalue weighted by Crippen LogP contribution is -2.41. The molecule has 0 aliphatic carbocycles. The highest BCUT2D eigenvalue weighted by molar-refractivity contribution is 6.62. The zero-order valence-corrected chi connectivity index (χ0v) is 15.5. The molecular weight excluding hydrogens is 320 g/mol. The Kier molecular flexibility index (Phi) is 4.33. The quantitative estimate of drug-likeness (QED) is 0.867. The van der Waals surface area contributed by atoms with Crippen molar-refractivity contribution in [1.29, 1.82) is 0 Å². The Labute approximate surface area is 148 Å². The summed E-state index contributed by atoms with van der Waals surface area (Å²) in [5, 5.41) is 3.12. The van der Waals surface area contributed by atoms with Gasteiger partial charge >= 0.3 is 7.12 Å². The van der Waals surface area contributed by atoms with Crippen LogP contribution >= 0.6 is 0 Å². The Morgan fingerprint density at radius 1 is 1.04 bits per heavy atom. The Bertz CT molecular complexity index is 795. The molecule has 1 saturated heterocycles. The van der Waals surface area contributed by atoms with Crippen LogP contribution in [0.2, 0.25) is 0 Å². The van der Waals surface area contributed by atoms with Crippen LogP contribution in [-0.4, -0.2) is 28.3 Å². The number of halogens is 1. The molecule has 1 aromatic carbocycles. The van der Waals surface area contributed by atoms with Crippen molar-refractivity contribution in [2.24, 2.45) is 0 Å². The molecule has 3 rings (SSSR count). The first-order valence-electron chi connectivity index (χ1n) is 8.31. The van der Waals surface area contributed by atoms with E-state index in [1.54, 1.807) is 6.92 Å². The summed E-state index contributed by atoms with van der Waals surface area (Å²) in [7, 11) is -0.443. The monoisotopic (exact) mass is 343 g/mol. The van der Waals surface area contributed by atoms with Crippen molar-refractivity contribution in [3.05, 3.63) is 41.5 Å². The van der Waals surface area contributed by atoms with Crippen LogP contribution in [0, 0.1) is 19.7 Å². The van der Waals surface area contributed by atoms with Crippen molar-refractivity contribution >= 4 is 24.2 Å². The highest BCUT2D eigenvalue weighted by Crippen LogP contribution is 2.36. The SMILES string of the molecule is Cc1cc(Nc2ncc(F)c(C)n2)cc(B2OC(C)(C)C(C)(C)O2)c1. The van der Waals surface area contributed by atoms with Crippen molar-refractivity contribution in [3.8, 4) is 0 Å². The molecule has 2 aromatic rings. The number of hydrogen-bond acceptors (Lipinski definition) is 5. The molecule has 25 heavy (non-hydrogen) atoms. The number of anilines is 2. The van der Waals surface area contributed by atoms with Gasteiger partial charge in [-0.1, -0.05) is 6.07 Å². The minimum Gasteiger partial charge on any atom is -0.399 e. The zero-order valence-electron chi connectivity index (χ0n) is 15.5. The third-order valence-electron chi connectivity index (χ3n) is 4.80. The van der Waals surface area contributed by atoms with Crippen molar-refractivity contribution in [2.75, 3.05) is 5.32 Å². The van der Waals surface area contributed by atoms with Crippen LogP contribution in [0.15, 0.2) is 24.4 Å². The van der Waals surface area contributed by atoms with Crippen molar-refractivity contribution in [1.82, 2.24) is 9.97 Å². The molecule has 1 aliphatic heterocycles. The minimum atomic E-state index is -0.443. The largest absolute Gasteiger partial charge is 0.494 e. The summed E-state index contributed by atoms with van der Waals surface area (Å²) in [6, 6.07) is 5.94. The van der Waals surface area contributed by atoms with Gasteiger partial charge < -0.3 is 14.6 Å². The van der Waals surface area contributed by atoms with Crippen molar-refractivity contribution in [2.45, 2.75) is 52.7 Å². The van der Waals surface area contributed by atoms with Gasteiger partial charge in [-0.2, -0.15) is 0 Å². The van der Waals surface area contributed by atoms with Gasteiger partial charge in [0.15, 0.2) is 5.82 Å². The predicted molar refractivity (Wildman–Crippen MR) is 96.9 cm³/mol. The van der Waals surface area contributed by atoms with Crippen molar-refractivity contribution < 1.29 is 13.7 Å². The molecule has 0 saturated carbocycles. The second kappa shape index (κ2) is 6.07. The van der Waals surface area contributed by atoms with E-state index in [1.807, 2.05) is 52.8 Å². The molecule has 1 aromatic heterocycles. The smallest absolute Gasteiger partial charge is 0.399 e. The average Bonchev–Trinajstić information content (AvgIpc) is 2.71. The fraction of sp³-hybridized carbons (Fsp3) is 0.444. The molecule has 0 unspecified atom stereocenters. The minimum absolute atomic E-state index is 0.302. The molecule has 5 nitrogen and oxygen atoms in total. The average molecular weight is 343 g/mol. The van der Waals surface area contributed by atoms with Crippen LogP contribution in [0.25, 0.3) is 0 Å². The highest BCUT2D eigenvalue weighted by atomic mass is 19.1. The number of nitrogens with one attached hydrogen (secondary N) is 1. The lowest BCUT2D eigenvalue weighted by molar-refractivity contribution is 0.00578. The molecule has 7 heteroatoms. The van der Waals surface area contributed by atoms with Crippen LogP contribution in [-0.2, 0) is 9.31 Å². The maximum atomic E-state index is 13.3. The lowest BCUT2D eigenvalue weighted by Gasteiger charge is -2.32. The second-order valence-electron chi connectivity index (χ2n) is 7.47. The topological polar surface area (TPSA) is 56.3 Å². The lowest BCUT2D eigenvalue weighted by atomic mass is 9.78. The molecule has 0 radical (unpaired) electrons. The molecule has 0 atom stereocenters. The Morgan fingerprint density at radius 3 is 2.28 bits per heavy atom. The number of aryl methyl sites for hydroxylation is 2. The molecule has 0 bridgehead atoms. The molecule has 1 fully saturated rings. The summed E-state index contributed by atoms with van der Waals surface area (Å²) in [4.78, 5) is 8.09. The van der Waals surface area contributed by atoms with Gasteiger partial charge in [-0.25, -0.2) is 14.4 Å². The Balaban J connectivity index is 1.87. The first kappa shape index (κ1) is 17.8. The molecule has 132 valence electrons. The summed E-state index contributed by atoms with van der Waals surface area (Å²) in [5.74, 6) is -0.0722. The van der Waals surface area contributed by atoms with Gasteiger partial charge in [-0.15, -0.1) is 0 Å². The fourth-order valence-electron chi connectivity index (χ4n) is 2.64. The third kappa shape index (κ3) is 3.53. The van der Waals surface area contributed by atoms with E-state index < -0.39 is 24.1 Å². The van der Waals surface area contributed by atoms with Gasteiger partial charge in [-0.05, 0) is 64.7 Å². The predicted octanol–water partition coefficient (Wildman–Crippen LogP) is 3.28. The van der Waals surface area contributed by atoms with Gasteiger partial charge in [0.05, 0.1) is 23.1 Å². The fourth-order valence-corrected chi connectivity index (χ4v) is 2.64. The number of aromatic nitrogens is 2. The van der Waals surface area contributed by atoms with Crippen molar-refractivity contribution in [3.63, 3.8) is 0 Å². The molecule has 2 heterocycles. The van der Waals surface area contributed by atoms with Crippen LogP contribution in [0.5, 0.6) is 0 Å². The molecule has 1 aliphatic rings. The first-order chi connectivity index (χ1) is 11.6. The summed E-state index contributed by atoms with van der Waals surface area (Å²) < 4.78 is 25.6. The van der Waals surface area contributed by atoms with Gasteiger partial charge in [0.25, 0.3) is 0 Å². The van der Waals surface area contributed by atoms with Gasteiger partial charge in [0.2, 0.25) is 5.95 Å². The third-order valence-corrected chi connectivity index (χ3v) is 4.80. The van der Waals surface area contributed by atoms with E-state index in [2.05, 4.69) is 15.3 Å². The Morgan fingerprint density at radius 2 is 1.68 bits per heavy atom. The summed E-state index contributed by atoms with van der Waals surface area (Å²) in [6.45, 7) is 11.7. The maximum absolute atomic E-state index is 13.3. The number of benzene rings is 1. The molecule has 0 spiro atoms. The van der Waals surface area contributed by atoms with Gasteiger partial charge in [0, 0.05) is 5.69 Å². The maximum Gasteiger partial charge on any atom is 0.494 e. The van der Waals surface area contributed by atoms with E-state index >= 15 is 0 Å². The summed E-state index contributed by atoms with van der Waals surface area (Å²) in [6.07, 6.45) is 1.16. The van der Waals surface area contributed by atoms with E-state index in [-0.39, 0.29) is 0 Å². The van der Waals surface area contributed by atoms with Crippen LogP contribution < -0.4 is 10.8 Å². The van der Waals surface area contributed by atoms with E-state index in [0.29, 0.717) is 11.6 Å². The van der Waals surface area contributed by atoms with E-state index in [4.69, 9.17) is 9.31 Å². The Hall–Kier alpha value is -1.99. The zero-order chi connectivity index (χ0) is 18.4. The van der Waals surface area contributed by atoms with Gasteiger partial charge in [0.1, 0.15) is 0 Å². The number of hydrogen-bond donors (Lipinski definition) is 1. The van der Waals surface area contributed by atoms with Gasteiger partial charge in [-0.3, -0.25) is 0 Å². The molecule has 0 amide bonds. The first-order valence-corrected chi connectivity index (χ1v) is 8.31. The van der Waals surface area contributed by atoms with E-state index in [0.717, 1.165) is 22.9 Å². The van der Waals surface area contributed by atoms with E-state index in [9.17, 15) is 4.39 Å². The van der Waals surface area contributed by atoms with Crippen LogP contribution in [0.3, 0.4) is 0 Å². The van der Waals surface area contributed by atoms with Crippen LogP contribution in [0.4, 0.5) is 16.0 Å². The summed E-state index contributed by atoms with van der Waals surface area (Å²) in [5.41, 5.74) is 2.28. The number of nitrogens with zero attached hydrogens (tertiary/aromatic N) is 2. The second-order valence-corrected chi connectivity index (χ2v) is 7.47.